The van der Waals surface area contributed by atoms with E-state index in [4.69, 9.17) is 21.1 Å². The van der Waals surface area contributed by atoms with Gasteiger partial charge in [-0.1, -0.05) is 29.8 Å². The van der Waals surface area contributed by atoms with Gasteiger partial charge in [0.25, 0.3) is 0 Å². The molecule has 0 spiro atoms. The van der Waals surface area contributed by atoms with E-state index in [2.05, 4.69) is 17.0 Å². The number of carbonyl (C=O) groups excluding carboxylic acids is 3. The molecule has 1 N–H and O–H groups in total. The van der Waals surface area contributed by atoms with E-state index in [1.165, 1.54) is 48.4 Å². The van der Waals surface area contributed by atoms with E-state index in [0.29, 0.717) is 17.4 Å². The summed E-state index contributed by atoms with van der Waals surface area (Å²) >= 11 is 5.85. The number of amides is 2. The zero-order valence-electron chi connectivity index (χ0n) is 25.6. The zero-order valence-corrected chi connectivity index (χ0v) is 26.4. The highest BCUT2D eigenvalue weighted by Crippen LogP contribution is 2.32. The minimum Gasteiger partial charge on any atom is -0.444 e. The topological polar surface area (TPSA) is 97.3 Å². The molecule has 2 amide bonds. The van der Waals surface area contributed by atoms with Crippen LogP contribution in [-0.4, -0.2) is 60.8 Å². The van der Waals surface area contributed by atoms with Crippen LogP contribution in [-0.2, 0) is 19.1 Å². The van der Waals surface area contributed by atoms with Crippen LogP contribution in [0.15, 0.2) is 70.8 Å². The summed E-state index contributed by atoms with van der Waals surface area (Å²) < 4.78 is 54.6. The van der Waals surface area contributed by atoms with Crippen molar-refractivity contribution in [2.45, 2.75) is 70.6 Å². The smallest absolute Gasteiger partial charge is 0.411 e. The van der Waals surface area contributed by atoms with Crippen molar-refractivity contribution in [3.63, 3.8) is 0 Å². The summed E-state index contributed by atoms with van der Waals surface area (Å²) in [5.41, 5.74) is 0.195. The first-order valence-corrected chi connectivity index (χ1v) is 14.7. The third-order valence-corrected chi connectivity index (χ3v) is 7.33. The van der Waals surface area contributed by atoms with Crippen molar-refractivity contribution in [1.82, 2.24) is 10.2 Å². The Labute approximate surface area is 265 Å². The molecule has 1 fully saturated rings. The predicted molar refractivity (Wildman–Crippen MR) is 166 cm³/mol. The highest BCUT2D eigenvalue weighted by atomic mass is 35.5. The predicted octanol–water partition coefficient (Wildman–Crippen LogP) is 7.03. The SMILES string of the molecule is C=N/C=C(NC(=O)C[C@H](c1cccc(F)c1)c1ccc(Cl)c(F)c1)\C(CC[C@@H]1CN(C(=O)OC(C)(C)C)[C@H](C=O)CO1)=C(/C)F. The molecule has 0 bridgehead atoms. The van der Waals surface area contributed by atoms with Crippen molar-refractivity contribution >= 4 is 36.6 Å². The van der Waals surface area contributed by atoms with Crippen LogP contribution in [0.2, 0.25) is 5.02 Å². The lowest BCUT2D eigenvalue weighted by Crippen LogP contribution is -2.54. The molecule has 1 aliphatic rings. The molecule has 12 heteroatoms. The van der Waals surface area contributed by atoms with Crippen molar-refractivity contribution in [3.05, 3.63) is 93.5 Å². The molecule has 0 aliphatic carbocycles. The number of aliphatic imine (C=N–C) groups is 1. The van der Waals surface area contributed by atoms with E-state index >= 15 is 0 Å². The minimum absolute atomic E-state index is 0.0367. The zero-order chi connectivity index (χ0) is 33.3. The van der Waals surface area contributed by atoms with Gasteiger partial charge in [-0.2, -0.15) is 0 Å². The van der Waals surface area contributed by atoms with Gasteiger partial charge in [0.2, 0.25) is 5.91 Å². The van der Waals surface area contributed by atoms with E-state index in [1.807, 2.05) is 0 Å². The largest absolute Gasteiger partial charge is 0.444 e. The monoisotopic (exact) mass is 647 g/mol. The maximum atomic E-state index is 14.9. The van der Waals surface area contributed by atoms with Crippen LogP contribution in [0, 0.1) is 11.6 Å². The van der Waals surface area contributed by atoms with E-state index in [9.17, 15) is 27.6 Å². The maximum absolute atomic E-state index is 14.9. The summed E-state index contributed by atoms with van der Waals surface area (Å²) in [6.45, 7) is 9.77. The fourth-order valence-corrected chi connectivity index (χ4v) is 5.01. The molecule has 3 rings (SSSR count). The van der Waals surface area contributed by atoms with Gasteiger partial charge in [0.1, 0.15) is 35.4 Å². The van der Waals surface area contributed by atoms with Gasteiger partial charge >= 0.3 is 6.09 Å². The van der Waals surface area contributed by atoms with Crippen LogP contribution in [0.3, 0.4) is 0 Å². The van der Waals surface area contributed by atoms with E-state index < -0.39 is 53.1 Å². The fourth-order valence-electron chi connectivity index (χ4n) is 4.89. The number of aldehydes is 1. The summed E-state index contributed by atoms with van der Waals surface area (Å²) in [5.74, 6) is -3.16. The average molecular weight is 648 g/mol. The van der Waals surface area contributed by atoms with Gasteiger partial charge < -0.3 is 19.6 Å². The Morgan fingerprint density at radius 1 is 1.22 bits per heavy atom. The lowest BCUT2D eigenvalue weighted by molar-refractivity contribution is -0.123. The van der Waals surface area contributed by atoms with Gasteiger partial charge in [-0.05, 0) is 82.6 Å². The number of benzene rings is 2. The molecule has 1 aliphatic heterocycles. The van der Waals surface area contributed by atoms with Crippen molar-refractivity contribution in [3.8, 4) is 0 Å². The number of hydrogen-bond donors (Lipinski definition) is 1. The van der Waals surface area contributed by atoms with Crippen molar-refractivity contribution in [2.24, 2.45) is 4.99 Å². The Kier molecular flexibility index (Phi) is 12.5. The summed E-state index contributed by atoms with van der Waals surface area (Å²) in [6.07, 6.45) is 0.628. The van der Waals surface area contributed by atoms with Gasteiger partial charge in [0.05, 0.1) is 36.2 Å². The van der Waals surface area contributed by atoms with E-state index in [0.717, 1.165) is 0 Å². The molecule has 8 nitrogen and oxygen atoms in total. The van der Waals surface area contributed by atoms with Crippen molar-refractivity contribution in [2.75, 3.05) is 13.2 Å². The molecule has 1 heterocycles. The fraction of sp³-hybridized carbons (Fsp3) is 0.394. The number of rotatable bonds is 11. The van der Waals surface area contributed by atoms with Crippen molar-refractivity contribution < 1.29 is 37.0 Å². The first-order valence-electron chi connectivity index (χ1n) is 14.3. The second kappa shape index (κ2) is 15.9. The molecule has 3 atom stereocenters. The molecular formula is C33H37ClF3N3O5. The first-order chi connectivity index (χ1) is 21.2. The quantitative estimate of drug-likeness (QED) is 0.161. The lowest BCUT2D eigenvalue weighted by Gasteiger charge is -2.38. The van der Waals surface area contributed by atoms with Gasteiger partial charge in [-0.3, -0.25) is 14.7 Å². The number of allylic oxidation sites excluding steroid dienone is 2. The Balaban J connectivity index is 1.77. The maximum Gasteiger partial charge on any atom is 0.411 e. The molecule has 1 saturated heterocycles. The van der Waals surface area contributed by atoms with Crippen molar-refractivity contribution in [1.29, 1.82) is 0 Å². The van der Waals surface area contributed by atoms with Gasteiger partial charge in [0, 0.05) is 17.9 Å². The number of ether oxygens (including phenoxy) is 2. The molecule has 0 aromatic heterocycles. The molecule has 0 saturated carbocycles. The number of morpholine rings is 1. The number of nitrogens with one attached hydrogen (secondary N) is 1. The van der Waals surface area contributed by atoms with Crippen LogP contribution >= 0.6 is 11.6 Å². The van der Waals surface area contributed by atoms with Gasteiger partial charge in [0.15, 0.2) is 0 Å². The molecule has 0 radical (unpaired) electrons. The van der Waals surface area contributed by atoms with Crippen LogP contribution < -0.4 is 5.32 Å². The van der Waals surface area contributed by atoms with Crippen LogP contribution in [0.25, 0.3) is 0 Å². The van der Waals surface area contributed by atoms with Crippen LogP contribution in [0.1, 0.15) is 64.0 Å². The standard InChI is InChI=1S/C33H37ClF3N3O5/c1-20(35)26(11-10-25-17-40(24(18-41)19-44-25)32(43)45-33(2,3)4)30(16-38-5)39-31(42)15-27(21-7-6-8-23(36)13-21)22-9-12-28(34)29(37)14-22/h6-9,12-14,16,18,24-25,27H,5,10-11,15,17,19H2,1-4H3,(H,39,42)/b26-20+,30-16+/t24-,25-,27-/m1/s1. The highest BCUT2D eigenvalue weighted by molar-refractivity contribution is 6.30. The second-order valence-electron chi connectivity index (χ2n) is 11.6. The Morgan fingerprint density at radius 3 is 2.53 bits per heavy atom. The molecule has 45 heavy (non-hydrogen) atoms. The third-order valence-electron chi connectivity index (χ3n) is 7.03. The van der Waals surface area contributed by atoms with Gasteiger partial charge in [-0.25, -0.2) is 18.0 Å². The molecule has 0 unspecified atom stereocenters. The summed E-state index contributed by atoms with van der Waals surface area (Å²) in [5, 5.41) is 2.57. The summed E-state index contributed by atoms with van der Waals surface area (Å²) in [6, 6.07) is 8.87. The molecule has 242 valence electrons. The summed E-state index contributed by atoms with van der Waals surface area (Å²) in [4.78, 5) is 42.7. The average Bonchev–Trinajstić information content (AvgIpc) is 2.96. The van der Waals surface area contributed by atoms with E-state index in [-0.39, 0.29) is 48.7 Å². The van der Waals surface area contributed by atoms with Crippen LogP contribution in [0.4, 0.5) is 18.0 Å². The highest BCUT2D eigenvalue weighted by Gasteiger charge is 2.35. The lowest BCUT2D eigenvalue weighted by atomic mass is 9.88. The van der Waals surface area contributed by atoms with E-state index in [1.54, 1.807) is 32.9 Å². The minimum atomic E-state index is -0.825. The van der Waals surface area contributed by atoms with Crippen LogP contribution in [0.5, 0.6) is 0 Å². The number of carbonyl (C=O) groups is 3. The second-order valence-corrected chi connectivity index (χ2v) is 12.0. The normalized spacial score (nSPS) is 18.5. The first kappa shape index (κ1) is 35.5. The number of nitrogens with zero attached hydrogens (tertiary/aromatic N) is 2. The third kappa shape index (κ3) is 10.3. The molecular weight excluding hydrogens is 611 g/mol. The Morgan fingerprint density at radius 2 is 1.93 bits per heavy atom. The summed E-state index contributed by atoms with van der Waals surface area (Å²) in [7, 11) is 0. The Bertz CT molecular complexity index is 1470. The van der Waals surface area contributed by atoms with Gasteiger partial charge in [-0.15, -0.1) is 0 Å². The molecule has 2 aromatic rings. The number of halogens is 4. The number of hydrogen-bond acceptors (Lipinski definition) is 6. The molecule has 2 aromatic carbocycles. The Hall–Kier alpha value is -3.96.